The Morgan fingerprint density at radius 3 is 2.85 bits per heavy atom. The van der Waals surface area contributed by atoms with E-state index in [1.807, 2.05) is 6.92 Å². The molecule has 0 spiro atoms. The van der Waals surface area contributed by atoms with E-state index in [-0.39, 0.29) is 6.04 Å². The third-order valence-electron chi connectivity index (χ3n) is 2.12. The van der Waals surface area contributed by atoms with Crippen LogP contribution in [0.25, 0.3) is 0 Å². The predicted octanol–water partition coefficient (Wildman–Crippen LogP) is -0.200. The molecule has 0 bridgehead atoms. The van der Waals surface area contributed by atoms with Crippen molar-refractivity contribution in [1.29, 1.82) is 0 Å². The van der Waals surface area contributed by atoms with Crippen LogP contribution in [0.4, 0.5) is 0 Å². The molecule has 0 aromatic carbocycles. The predicted molar refractivity (Wildman–Crippen MR) is 51.6 cm³/mol. The molecule has 1 aliphatic heterocycles. The Labute approximate surface area is 79.6 Å². The number of ether oxygens (including phenoxy) is 1. The van der Waals surface area contributed by atoms with Crippen molar-refractivity contribution < 1.29 is 13.2 Å². The molecule has 4 nitrogen and oxygen atoms in total. The van der Waals surface area contributed by atoms with Crippen LogP contribution in [-0.2, 0) is 14.6 Å². The minimum atomic E-state index is -2.74. The molecule has 1 rings (SSSR count). The molecular formula is C8H17NO3S. The van der Waals surface area contributed by atoms with Crippen molar-refractivity contribution in [3.05, 3.63) is 0 Å². The van der Waals surface area contributed by atoms with Crippen molar-refractivity contribution >= 4 is 9.84 Å². The van der Waals surface area contributed by atoms with Crippen molar-refractivity contribution in [2.75, 3.05) is 31.3 Å². The lowest BCUT2D eigenvalue weighted by Gasteiger charge is -2.09. The van der Waals surface area contributed by atoms with Crippen molar-refractivity contribution in [3.63, 3.8) is 0 Å². The second kappa shape index (κ2) is 4.93. The second-order valence-electron chi connectivity index (χ2n) is 3.25. The van der Waals surface area contributed by atoms with E-state index < -0.39 is 9.84 Å². The first-order valence-electron chi connectivity index (χ1n) is 4.65. The standard InChI is InChI=1S/C8H17NO3S/c1-2-12-5-4-9-8-3-6-13(10,11)7-8/h8-9H,2-7H2,1H3. The molecule has 5 heteroatoms. The molecule has 1 fully saturated rings. The fourth-order valence-corrected chi connectivity index (χ4v) is 3.14. The summed E-state index contributed by atoms with van der Waals surface area (Å²) >= 11 is 0. The van der Waals surface area contributed by atoms with Crippen LogP contribution in [0.15, 0.2) is 0 Å². The van der Waals surface area contributed by atoms with Gasteiger partial charge >= 0.3 is 0 Å². The SMILES string of the molecule is CCOCCNC1CCS(=O)(=O)C1. The van der Waals surface area contributed by atoms with Gasteiger partial charge in [0.25, 0.3) is 0 Å². The highest BCUT2D eigenvalue weighted by Gasteiger charge is 2.26. The number of nitrogens with one attached hydrogen (secondary N) is 1. The zero-order valence-corrected chi connectivity index (χ0v) is 8.77. The number of sulfone groups is 1. The summed E-state index contributed by atoms with van der Waals surface area (Å²) in [5, 5.41) is 3.17. The summed E-state index contributed by atoms with van der Waals surface area (Å²) < 4.78 is 27.3. The summed E-state index contributed by atoms with van der Waals surface area (Å²) in [6.07, 6.45) is 0.745. The van der Waals surface area contributed by atoms with E-state index in [1.54, 1.807) is 0 Å². The molecular weight excluding hydrogens is 190 g/mol. The Morgan fingerprint density at radius 1 is 1.54 bits per heavy atom. The first kappa shape index (κ1) is 10.9. The Kier molecular flexibility index (Phi) is 4.15. The molecule has 1 unspecified atom stereocenters. The number of rotatable bonds is 5. The molecule has 1 saturated heterocycles. The number of hydrogen-bond donors (Lipinski definition) is 1. The monoisotopic (exact) mass is 207 g/mol. The van der Waals surface area contributed by atoms with Crippen molar-refractivity contribution in [3.8, 4) is 0 Å². The summed E-state index contributed by atoms with van der Waals surface area (Å²) in [4.78, 5) is 0. The minimum Gasteiger partial charge on any atom is -0.380 e. The molecule has 0 radical (unpaired) electrons. The van der Waals surface area contributed by atoms with Gasteiger partial charge in [0.1, 0.15) is 0 Å². The smallest absolute Gasteiger partial charge is 0.151 e. The molecule has 0 aromatic heterocycles. The summed E-state index contributed by atoms with van der Waals surface area (Å²) in [7, 11) is -2.74. The highest BCUT2D eigenvalue weighted by molar-refractivity contribution is 7.91. The van der Waals surface area contributed by atoms with Crippen LogP contribution in [0.5, 0.6) is 0 Å². The van der Waals surface area contributed by atoms with Gasteiger partial charge in [-0.25, -0.2) is 8.42 Å². The van der Waals surface area contributed by atoms with Gasteiger partial charge in [0.2, 0.25) is 0 Å². The van der Waals surface area contributed by atoms with E-state index in [2.05, 4.69) is 5.32 Å². The van der Waals surface area contributed by atoms with E-state index in [0.717, 1.165) is 13.0 Å². The van der Waals surface area contributed by atoms with E-state index in [9.17, 15) is 8.42 Å². The van der Waals surface area contributed by atoms with Crippen LogP contribution in [0.2, 0.25) is 0 Å². The zero-order chi connectivity index (χ0) is 9.73. The van der Waals surface area contributed by atoms with Gasteiger partial charge in [-0.05, 0) is 13.3 Å². The Balaban J connectivity index is 2.11. The van der Waals surface area contributed by atoms with Gasteiger partial charge in [0.05, 0.1) is 18.1 Å². The van der Waals surface area contributed by atoms with Gasteiger partial charge < -0.3 is 10.1 Å². The van der Waals surface area contributed by atoms with Crippen LogP contribution in [-0.4, -0.2) is 45.7 Å². The highest BCUT2D eigenvalue weighted by Crippen LogP contribution is 2.10. The first-order chi connectivity index (χ1) is 6.14. The fourth-order valence-electron chi connectivity index (χ4n) is 1.44. The maximum atomic E-state index is 11.1. The average Bonchev–Trinajstić information content (AvgIpc) is 2.40. The summed E-state index contributed by atoms with van der Waals surface area (Å²) in [5.74, 6) is 0.623. The third kappa shape index (κ3) is 4.06. The molecule has 1 atom stereocenters. The summed E-state index contributed by atoms with van der Waals surface area (Å²) in [6.45, 7) is 4.06. The quantitative estimate of drug-likeness (QED) is 0.634. The number of hydrogen-bond acceptors (Lipinski definition) is 4. The zero-order valence-electron chi connectivity index (χ0n) is 7.95. The van der Waals surface area contributed by atoms with Crippen LogP contribution in [0, 0.1) is 0 Å². The van der Waals surface area contributed by atoms with E-state index in [0.29, 0.717) is 24.7 Å². The average molecular weight is 207 g/mol. The van der Waals surface area contributed by atoms with Crippen LogP contribution in [0.3, 0.4) is 0 Å². The molecule has 78 valence electrons. The van der Waals surface area contributed by atoms with Crippen molar-refractivity contribution in [1.82, 2.24) is 5.32 Å². The topological polar surface area (TPSA) is 55.4 Å². The molecule has 1 aliphatic rings. The van der Waals surface area contributed by atoms with Crippen LogP contribution in [0.1, 0.15) is 13.3 Å². The molecule has 0 amide bonds. The maximum absolute atomic E-state index is 11.1. The summed E-state index contributed by atoms with van der Waals surface area (Å²) in [6, 6.07) is 0.144. The Hall–Kier alpha value is -0.130. The van der Waals surface area contributed by atoms with Gasteiger partial charge in [0.15, 0.2) is 9.84 Å². The van der Waals surface area contributed by atoms with Crippen molar-refractivity contribution in [2.24, 2.45) is 0 Å². The molecule has 13 heavy (non-hydrogen) atoms. The summed E-state index contributed by atoms with van der Waals surface area (Å²) in [5.41, 5.74) is 0. The Morgan fingerprint density at radius 2 is 2.31 bits per heavy atom. The van der Waals surface area contributed by atoms with Gasteiger partial charge in [-0.15, -0.1) is 0 Å². The van der Waals surface area contributed by atoms with Gasteiger partial charge in [-0.3, -0.25) is 0 Å². The first-order valence-corrected chi connectivity index (χ1v) is 6.48. The van der Waals surface area contributed by atoms with Gasteiger partial charge in [0, 0.05) is 19.2 Å². The lowest BCUT2D eigenvalue weighted by molar-refractivity contribution is 0.147. The largest absolute Gasteiger partial charge is 0.380 e. The molecule has 1 heterocycles. The lowest BCUT2D eigenvalue weighted by atomic mass is 10.3. The second-order valence-corrected chi connectivity index (χ2v) is 5.48. The highest BCUT2D eigenvalue weighted by atomic mass is 32.2. The molecule has 0 saturated carbocycles. The molecule has 1 N–H and O–H groups in total. The van der Waals surface area contributed by atoms with E-state index in [1.165, 1.54) is 0 Å². The lowest BCUT2D eigenvalue weighted by Crippen LogP contribution is -2.32. The van der Waals surface area contributed by atoms with Crippen LogP contribution < -0.4 is 5.32 Å². The normalized spacial score (nSPS) is 26.4. The molecule has 0 aromatic rings. The fraction of sp³-hybridized carbons (Fsp3) is 1.00. The minimum absolute atomic E-state index is 0.144. The Bertz CT molecular complexity index is 238. The van der Waals surface area contributed by atoms with Gasteiger partial charge in [-0.2, -0.15) is 0 Å². The van der Waals surface area contributed by atoms with Crippen molar-refractivity contribution in [2.45, 2.75) is 19.4 Å². The molecule has 0 aliphatic carbocycles. The maximum Gasteiger partial charge on any atom is 0.151 e. The van der Waals surface area contributed by atoms with Crippen LogP contribution >= 0.6 is 0 Å². The van der Waals surface area contributed by atoms with Gasteiger partial charge in [-0.1, -0.05) is 0 Å². The van der Waals surface area contributed by atoms with E-state index >= 15 is 0 Å². The van der Waals surface area contributed by atoms with E-state index in [4.69, 9.17) is 4.74 Å². The third-order valence-corrected chi connectivity index (χ3v) is 3.88.